The first-order chi connectivity index (χ1) is 9.83. The molecule has 1 amide bonds. The van der Waals surface area contributed by atoms with Crippen LogP contribution in [0.25, 0.3) is 0 Å². The van der Waals surface area contributed by atoms with Crippen molar-refractivity contribution in [2.75, 3.05) is 13.1 Å². The second-order valence-corrected chi connectivity index (χ2v) is 6.91. The SMILES string of the molecule is CCC(C)C1NC(CC)N(CCN(C(C)C)C(C)C)C1=O. The summed E-state index contributed by atoms with van der Waals surface area (Å²) in [5, 5.41) is 3.53. The predicted molar refractivity (Wildman–Crippen MR) is 89.1 cm³/mol. The topological polar surface area (TPSA) is 35.6 Å². The molecule has 1 saturated heterocycles. The van der Waals surface area contributed by atoms with Crippen molar-refractivity contribution in [3.63, 3.8) is 0 Å². The number of hydrogen-bond donors (Lipinski definition) is 1. The van der Waals surface area contributed by atoms with Crippen molar-refractivity contribution in [1.82, 2.24) is 15.1 Å². The van der Waals surface area contributed by atoms with E-state index < -0.39 is 0 Å². The monoisotopic (exact) mass is 297 g/mol. The molecular formula is C17H35N3O. The summed E-state index contributed by atoms with van der Waals surface area (Å²) in [7, 11) is 0. The second kappa shape index (κ2) is 8.14. The average molecular weight is 297 g/mol. The maximum Gasteiger partial charge on any atom is 0.241 e. The van der Waals surface area contributed by atoms with Crippen LogP contribution < -0.4 is 5.32 Å². The van der Waals surface area contributed by atoms with Crippen LogP contribution in [0.3, 0.4) is 0 Å². The molecule has 1 heterocycles. The van der Waals surface area contributed by atoms with Gasteiger partial charge in [-0.05, 0) is 40.0 Å². The molecule has 0 saturated carbocycles. The summed E-state index contributed by atoms with van der Waals surface area (Å²) >= 11 is 0. The average Bonchev–Trinajstić information content (AvgIpc) is 2.74. The van der Waals surface area contributed by atoms with Crippen molar-refractivity contribution in [1.29, 1.82) is 0 Å². The lowest BCUT2D eigenvalue weighted by Crippen LogP contribution is -2.46. The van der Waals surface area contributed by atoms with E-state index in [-0.39, 0.29) is 12.2 Å². The highest BCUT2D eigenvalue weighted by molar-refractivity contribution is 5.84. The van der Waals surface area contributed by atoms with Gasteiger partial charge in [0.05, 0.1) is 12.2 Å². The standard InChI is InChI=1S/C17H35N3O/c1-8-14(7)16-17(21)20(15(9-2)18-16)11-10-19(12(3)4)13(5)6/h12-16,18H,8-11H2,1-7H3. The first kappa shape index (κ1) is 18.4. The third-order valence-electron chi connectivity index (χ3n) is 4.82. The van der Waals surface area contributed by atoms with Gasteiger partial charge in [0.25, 0.3) is 0 Å². The predicted octanol–water partition coefficient (Wildman–Crippen LogP) is 2.69. The molecule has 0 bridgehead atoms. The highest BCUT2D eigenvalue weighted by Gasteiger charge is 2.39. The molecule has 4 nitrogen and oxygen atoms in total. The van der Waals surface area contributed by atoms with Crippen LogP contribution in [0.5, 0.6) is 0 Å². The molecule has 1 N–H and O–H groups in total. The van der Waals surface area contributed by atoms with Gasteiger partial charge in [-0.1, -0.05) is 27.2 Å². The third-order valence-corrected chi connectivity index (χ3v) is 4.82. The first-order valence-electron chi connectivity index (χ1n) is 8.65. The Morgan fingerprint density at radius 1 is 1.14 bits per heavy atom. The Labute approximate surface area is 131 Å². The summed E-state index contributed by atoms with van der Waals surface area (Å²) in [4.78, 5) is 17.2. The smallest absolute Gasteiger partial charge is 0.241 e. The molecule has 0 aliphatic carbocycles. The van der Waals surface area contributed by atoms with Crippen LogP contribution in [0.1, 0.15) is 61.3 Å². The third kappa shape index (κ3) is 4.43. The van der Waals surface area contributed by atoms with Crippen LogP contribution >= 0.6 is 0 Å². The normalized spacial score (nSPS) is 24.7. The van der Waals surface area contributed by atoms with Gasteiger partial charge in [-0.3, -0.25) is 15.0 Å². The van der Waals surface area contributed by atoms with Gasteiger partial charge in [-0.15, -0.1) is 0 Å². The zero-order valence-corrected chi connectivity index (χ0v) is 15.0. The zero-order chi connectivity index (χ0) is 16.2. The molecule has 0 spiro atoms. The van der Waals surface area contributed by atoms with Gasteiger partial charge >= 0.3 is 0 Å². The fourth-order valence-electron chi connectivity index (χ4n) is 3.28. The minimum absolute atomic E-state index is 0.00602. The minimum atomic E-state index is 0.00602. The lowest BCUT2D eigenvalue weighted by atomic mass is 9.99. The van der Waals surface area contributed by atoms with Gasteiger partial charge in [-0.2, -0.15) is 0 Å². The van der Waals surface area contributed by atoms with Gasteiger partial charge < -0.3 is 4.90 Å². The molecule has 0 radical (unpaired) electrons. The van der Waals surface area contributed by atoms with E-state index in [9.17, 15) is 4.79 Å². The summed E-state index contributed by atoms with van der Waals surface area (Å²) in [6.45, 7) is 17.2. The van der Waals surface area contributed by atoms with Crippen molar-refractivity contribution >= 4 is 5.91 Å². The summed E-state index contributed by atoms with van der Waals surface area (Å²) in [5.74, 6) is 0.700. The Morgan fingerprint density at radius 2 is 1.71 bits per heavy atom. The molecule has 1 aliphatic heterocycles. The molecule has 124 valence electrons. The Morgan fingerprint density at radius 3 is 2.14 bits per heavy atom. The van der Waals surface area contributed by atoms with Crippen LogP contribution in [0.2, 0.25) is 0 Å². The summed E-state index contributed by atoms with van der Waals surface area (Å²) < 4.78 is 0. The van der Waals surface area contributed by atoms with Gasteiger partial charge in [0.2, 0.25) is 5.91 Å². The molecule has 0 aromatic heterocycles. The van der Waals surface area contributed by atoms with Crippen molar-refractivity contribution < 1.29 is 4.79 Å². The molecule has 1 fully saturated rings. The van der Waals surface area contributed by atoms with Gasteiger partial charge in [-0.25, -0.2) is 0 Å². The van der Waals surface area contributed by atoms with E-state index in [1.54, 1.807) is 0 Å². The summed E-state index contributed by atoms with van der Waals surface area (Å²) in [6, 6.07) is 1.04. The number of carbonyl (C=O) groups is 1. The van der Waals surface area contributed by atoms with Crippen molar-refractivity contribution in [3.8, 4) is 0 Å². The maximum absolute atomic E-state index is 12.7. The first-order valence-corrected chi connectivity index (χ1v) is 8.65. The number of carbonyl (C=O) groups excluding carboxylic acids is 1. The molecule has 3 atom stereocenters. The lowest BCUT2D eigenvalue weighted by Gasteiger charge is -2.33. The number of hydrogen-bond acceptors (Lipinski definition) is 3. The van der Waals surface area contributed by atoms with E-state index in [0.717, 1.165) is 25.9 Å². The van der Waals surface area contributed by atoms with Crippen molar-refractivity contribution in [2.45, 2.75) is 85.6 Å². The van der Waals surface area contributed by atoms with E-state index >= 15 is 0 Å². The zero-order valence-electron chi connectivity index (χ0n) is 15.0. The minimum Gasteiger partial charge on any atom is -0.325 e. The van der Waals surface area contributed by atoms with E-state index in [4.69, 9.17) is 0 Å². The highest BCUT2D eigenvalue weighted by Crippen LogP contribution is 2.21. The van der Waals surface area contributed by atoms with Crippen LogP contribution in [-0.4, -0.2) is 53.1 Å². The van der Waals surface area contributed by atoms with Crippen LogP contribution in [0, 0.1) is 5.92 Å². The highest BCUT2D eigenvalue weighted by atomic mass is 16.2. The van der Waals surface area contributed by atoms with E-state index in [2.05, 4.69) is 63.6 Å². The lowest BCUT2D eigenvalue weighted by molar-refractivity contribution is -0.131. The number of rotatable bonds is 8. The van der Waals surface area contributed by atoms with Crippen LogP contribution in [0.4, 0.5) is 0 Å². The Bertz CT molecular complexity index is 322. The van der Waals surface area contributed by atoms with E-state index in [1.165, 1.54) is 0 Å². The molecule has 1 aliphatic rings. The number of nitrogens with one attached hydrogen (secondary N) is 1. The fraction of sp³-hybridized carbons (Fsp3) is 0.941. The molecular weight excluding hydrogens is 262 g/mol. The Kier molecular flexibility index (Phi) is 7.14. The van der Waals surface area contributed by atoms with E-state index in [0.29, 0.717) is 23.9 Å². The molecule has 0 aromatic carbocycles. The molecule has 1 rings (SSSR count). The molecule has 4 heteroatoms. The summed E-state index contributed by atoms with van der Waals surface area (Å²) in [5.41, 5.74) is 0. The number of nitrogens with zero attached hydrogens (tertiary/aromatic N) is 2. The van der Waals surface area contributed by atoms with Crippen molar-refractivity contribution in [3.05, 3.63) is 0 Å². The van der Waals surface area contributed by atoms with Gasteiger partial charge in [0, 0.05) is 25.2 Å². The van der Waals surface area contributed by atoms with Crippen LogP contribution in [0.15, 0.2) is 0 Å². The van der Waals surface area contributed by atoms with Crippen molar-refractivity contribution in [2.24, 2.45) is 5.92 Å². The quantitative estimate of drug-likeness (QED) is 0.748. The van der Waals surface area contributed by atoms with Gasteiger partial charge in [0.15, 0.2) is 0 Å². The summed E-state index contributed by atoms with van der Waals surface area (Å²) in [6.07, 6.45) is 2.22. The Hall–Kier alpha value is -0.610. The number of amides is 1. The van der Waals surface area contributed by atoms with E-state index in [1.807, 2.05) is 0 Å². The molecule has 21 heavy (non-hydrogen) atoms. The molecule has 0 aromatic rings. The fourth-order valence-corrected chi connectivity index (χ4v) is 3.28. The maximum atomic E-state index is 12.7. The van der Waals surface area contributed by atoms with Crippen LogP contribution in [-0.2, 0) is 4.79 Å². The second-order valence-electron chi connectivity index (χ2n) is 6.91. The molecule has 3 unspecified atom stereocenters. The Balaban J connectivity index is 2.70. The van der Waals surface area contributed by atoms with Gasteiger partial charge in [0.1, 0.15) is 0 Å². The largest absolute Gasteiger partial charge is 0.325 e.